The minimum absolute atomic E-state index is 0.0591. The number of aromatic nitrogens is 2. The number of fused-ring (bicyclic) bond motifs is 1. The standard InChI is InChI=1S/C13H15N3O2S/c1-16-5-4-15-13(16)19-7-10(14)9-2-3-11-12(6-9)18-8-17-11/h2-6,10H,7-8,14H2,1H3. The van der Waals surface area contributed by atoms with Crippen LogP contribution >= 0.6 is 11.8 Å². The number of ether oxygens (including phenoxy) is 2. The zero-order valence-corrected chi connectivity index (χ0v) is 11.4. The van der Waals surface area contributed by atoms with Crippen LogP contribution in [0.1, 0.15) is 11.6 Å². The summed E-state index contributed by atoms with van der Waals surface area (Å²) in [5.74, 6) is 2.33. The van der Waals surface area contributed by atoms with Gasteiger partial charge in [-0.05, 0) is 17.7 Å². The van der Waals surface area contributed by atoms with E-state index in [-0.39, 0.29) is 12.8 Å². The first kappa shape index (κ1) is 12.4. The Labute approximate surface area is 115 Å². The maximum Gasteiger partial charge on any atom is 0.231 e. The Morgan fingerprint density at radius 3 is 3.05 bits per heavy atom. The van der Waals surface area contributed by atoms with Crippen LogP contribution in [0, 0.1) is 0 Å². The lowest BCUT2D eigenvalue weighted by molar-refractivity contribution is 0.174. The van der Waals surface area contributed by atoms with Crippen molar-refractivity contribution < 1.29 is 9.47 Å². The number of thioether (sulfide) groups is 1. The van der Waals surface area contributed by atoms with Crippen molar-refractivity contribution >= 4 is 11.8 Å². The minimum atomic E-state index is -0.0591. The molecule has 3 rings (SSSR count). The third-order valence-corrected chi connectivity index (χ3v) is 4.17. The van der Waals surface area contributed by atoms with E-state index in [9.17, 15) is 0 Å². The lowest BCUT2D eigenvalue weighted by atomic mass is 10.1. The summed E-state index contributed by atoms with van der Waals surface area (Å²) in [5, 5.41) is 0.969. The first-order valence-corrected chi connectivity index (χ1v) is 6.98. The van der Waals surface area contributed by atoms with Gasteiger partial charge in [0, 0.05) is 31.2 Å². The fraction of sp³-hybridized carbons (Fsp3) is 0.308. The molecule has 0 fully saturated rings. The van der Waals surface area contributed by atoms with E-state index in [1.807, 2.05) is 36.0 Å². The number of benzene rings is 1. The van der Waals surface area contributed by atoms with Gasteiger partial charge in [-0.3, -0.25) is 0 Å². The number of hydrogen-bond acceptors (Lipinski definition) is 5. The maximum absolute atomic E-state index is 6.20. The van der Waals surface area contributed by atoms with Crippen molar-refractivity contribution in [2.24, 2.45) is 12.8 Å². The molecule has 1 aromatic carbocycles. The number of nitrogens with two attached hydrogens (primary N) is 1. The SMILES string of the molecule is Cn1ccnc1SCC(N)c1ccc2c(c1)OCO2. The van der Waals surface area contributed by atoms with Gasteiger partial charge in [0.2, 0.25) is 6.79 Å². The molecule has 2 aromatic rings. The van der Waals surface area contributed by atoms with Gasteiger partial charge in [0.15, 0.2) is 16.7 Å². The first-order valence-electron chi connectivity index (χ1n) is 5.99. The van der Waals surface area contributed by atoms with E-state index in [2.05, 4.69) is 4.98 Å². The van der Waals surface area contributed by atoms with Crippen LogP contribution < -0.4 is 15.2 Å². The van der Waals surface area contributed by atoms with Gasteiger partial charge in [-0.15, -0.1) is 0 Å². The fourth-order valence-corrected chi connectivity index (χ4v) is 2.82. The predicted octanol–water partition coefficient (Wildman–Crippen LogP) is 1.94. The third kappa shape index (κ3) is 2.54. The Hall–Kier alpha value is -1.66. The normalized spacial score (nSPS) is 14.6. The zero-order valence-electron chi connectivity index (χ0n) is 10.6. The molecule has 1 atom stereocenters. The van der Waals surface area contributed by atoms with Crippen LogP contribution in [0.25, 0.3) is 0 Å². The van der Waals surface area contributed by atoms with Crippen molar-refractivity contribution in [1.29, 1.82) is 0 Å². The highest BCUT2D eigenvalue weighted by Gasteiger charge is 2.16. The number of nitrogens with zero attached hydrogens (tertiary/aromatic N) is 2. The molecule has 1 aromatic heterocycles. The van der Waals surface area contributed by atoms with Crippen LogP contribution in [-0.4, -0.2) is 22.1 Å². The summed E-state index contributed by atoms with van der Waals surface area (Å²) in [6.45, 7) is 0.288. The summed E-state index contributed by atoms with van der Waals surface area (Å²) in [5.41, 5.74) is 7.25. The van der Waals surface area contributed by atoms with Crippen LogP contribution in [0.5, 0.6) is 11.5 Å². The third-order valence-electron chi connectivity index (χ3n) is 2.99. The summed E-state index contributed by atoms with van der Waals surface area (Å²) in [7, 11) is 1.97. The Morgan fingerprint density at radius 2 is 2.26 bits per heavy atom. The van der Waals surface area contributed by atoms with E-state index in [4.69, 9.17) is 15.2 Å². The summed E-state index contributed by atoms with van der Waals surface area (Å²) >= 11 is 1.64. The van der Waals surface area contributed by atoms with E-state index in [1.54, 1.807) is 18.0 Å². The lowest BCUT2D eigenvalue weighted by Gasteiger charge is -2.12. The molecule has 0 spiro atoms. The van der Waals surface area contributed by atoms with Crippen molar-refractivity contribution in [1.82, 2.24) is 9.55 Å². The monoisotopic (exact) mass is 277 g/mol. The molecule has 2 heterocycles. The van der Waals surface area contributed by atoms with Crippen molar-refractivity contribution in [2.75, 3.05) is 12.5 Å². The number of rotatable bonds is 4. The largest absolute Gasteiger partial charge is 0.454 e. The van der Waals surface area contributed by atoms with Crippen LogP contribution in [0.15, 0.2) is 35.7 Å². The highest BCUT2D eigenvalue weighted by Crippen LogP contribution is 2.34. The molecule has 1 aliphatic heterocycles. The molecule has 5 nitrogen and oxygen atoms in total. The highest BCUT2D eigenvalue weighted by atomic mass is 32.2. The number of aryl methyl sites for hydroxylation is 1. The Balaban J connectivity index is 1.67. The van der Waals surface area contributed by atoms with Crippen LogP contribution in [0.4, 0.5) is 0 Å². The Morgan fingerprint density at radius 1 is 1.42 bits per heavy atom. The van der Waals surface area contributed by atoms with Gasteiger partial charge in [0.25, 0.3) is 0 Å². The van der Waals surface area contributed by atoms with Gasteiger partial charge in [0.05, 0.1) is 0 Å². The van der Waals surface area contributed by atoms with Gasteiger partial charge in [-0.25, -0.2) is 4.98 Å². The van der Waals surface area contributed by atoms with Crippen LogP contribution in [-0.2, 0) is 7.05 Å². The number of hydrogen-bond donors (Lipinski definition) is 1. The topological polar surface area (TPSA) is 62.3 Å². The molecular formula is C13H15N3O2S. The minimum Gasteiger partial charge on any atom is -0.454 e. The summed E-state index contributed by atoms with van der Waals surface area (Å²) in [6.07, 6.45) is 3.71. The zero-order chi connectivity index (χ0) is 13.2. The molecule has 1 aliphatic rings. The second kappa shape index (κ2) is 5.14. The lowest BCUT2D eigenvalue weighted by Crippen LogP contribution is -2.13. The quantitative estimate of drug-likeness (QED) is 0.865. The molecule has 0 amide bonds. The van der Waals surface area contributed by atoms with Crippen molar-refractivity contribution in [2.45, 2.75) is 11.2 Å². The van der Waals surface area contributed by atoms with Crippen molar-refractivity contribution in [3.8, 4) is 11.5 Å². The summed E-state index contributed by atoms with van der Waals surface area (Å²) in [6, 6.07) is 5.78. The molecule has 19 heavy (non-hydrogen) atoms. The fourth-order valence-electron chi connectivity index (χ4n) is 1.90. The molecule has 0 saturated carbocycles. The van der Waals surface area contributed by atoms with E-state index < -0.39 is 0 Å². The second-order valence-electron chi connectivity index (χ2n) is 4.35. The summed E-state index contributed by atoms with van der Waals surface area (Å²) < 4.78 is 12.6. The van der Waals surface area contributed by atoms with E-state index in [1.165, 1.54) is 0 Å². The average molecular weight is 277 g/mol. The van der Waals surface area contributed by atoms with Gasteiger partial charge >= 0.3 is 0 Å². The van der Waals surface area contributed by atoms with Gasteiger partial charge in [-0.2, -0.15) is 0 Å². The molecule has 6 heteroatoms. The highest BCUT2D eigenvalue weighted by molar-refractivity contribution is 7.99. The molecular weight excluding hydrogens is 262 g/mol. The molecule has 0 radical (unpaired) electrons. The van der Waals surface area contributed by atoms with E-state index in [0.29, 0.717) is 0 Å². The molecule has 0 aliphatic carbocycles. The van der Waals surface area contributed by atoms with E-state index in [0.717, 1.165) is 28.0 Å². The molecule has 0 saturated heterocycles. The molecule has 2 N–H and O–H groups in total. The first-order chi connectivity index (χ1) is 9.24. The van der Waals surface area contributed by atoms with Gasteiger partial charge < -0.3 is 19.8 Å². The Bertz CT molecular complexity index is 585. The van der Waals surface area contributed by atoms with Crippen LogP contribution in [0.2, 0.25) is 0 Å². The molecule has 0 bridgehead atoms. The predicted molar refractivity (Wildman–Crippen MR) is 73.4 cm³/mol. The van der Waals surface area contributed by atoms with Gasteiger partial charge in [0.1, 0.15) is 0 Å². The van der Waals surface area contributed by atoms with Gasteiger partial charge in [-0.1, -0.05) is 17.8 Å². The van der Waals surface area contributed by atoms with Crippen molar-refractivity contribution in [3.05, 3.63) is 36.2 Å². The summed E-state index contributed by atoms with van der Waals surface area (Å²) in [4.78, 5) is 4.26. The Kier molecular flexibility index (Phi) is 3.35. The molecule has 1 unspecified atom stereocenters. The smallest absolute Gasteiger partial charge is 0.231 e. The second-order valence-corrected chi connectivity index (χ2v) is 5.34. The van der Waals surface area contributed by atoms with E-state index >= 15 is 0 Å². The maximum atomic E-state index is 6.20. The number of imidazole rings is 1. The average Bonchev–Trinajstić information content (AvgIpc) is 3.03. The molecule has 100 valence electrons. The van der Waals surface area contributed by atoms with Crippen molar-refractivity contribution in [3.63, 3.8) is 0 Å². The van der Waals surface area contributed by atoms with Crippen LogP contribution in [0.3, 0.4) is 0 Å².